The predicted molar refractivity (Wildman–Crippen MR) is 91.6 cm³/mol. The van der Waals surface area contributed by atoms with Gasteiger partial charge in [0.1, 0.15) is 11.8 Å². The summed E-state index contributed by atoms with van der Waals surface area (Å²) in [5, 5.41) is 11.2. The van der Waals surface area contributed by atoms with Crippen molar-refractivity contribution < 1.29 is 13.9 Å². The number of benzene rings is 2. The SMILES string of the molecule is OC(CC1c2ccccc2-c2cncn21)c1ccc2occ(F)c2c1. The van der Waals surface area contributed by atoms with Gasteiger partial charge in [-0.2, -0.15) is 0 Å². The summed E-state index contributed by atoms with van der Waals surface area (Å²) in [6.07, 6.45) is 4.51. The first-order valence-corrected chi connectivity index (χ1v) is 8.18. The minimum Gasteiger partial charge on any atom is -0.461 e. The molecule has 124 valence electrons. The molecular formula is C20H15FN2O2. The van der Waals surface area contributed by atoms with E-state index in [1.165, 1.54) is 5.56 Å². The third kappa shape index (κ3) is 2.13. The summed E-state index contributed by atoms with van der Waals surface area (Å²) in [6, 6.07) is 13.3. The van der Waals surface area contributed by atoms with Gasteiger partial charge in [-0.3, -0.25) is 0 Å². The Morgan fingerprint density at radius 2 is 2.12 bits per heavy atom. The first-order chi connectivity index (χ1) is 12.2. The molecule has 5 heteroatoms. The summed E-state index contributed by atoms with van der Waals surface area (Å²) < 4.78 is 21.0. The fourth-order valence-corrected chi connectivity index (χ4v) is 3.74. The molecule has 4 aromatic rings. The average molecular weight is 334 g/mol. The molecule has 0 aliphatic carbocycles. The van der Waals surface area contributed by atoms with Crippen LogP contribution >= 0.6 is 0 Å². The standard InChI is InChI=1S/C20H15FN2O2/c21-16-10-25-20-6-5-12(7-15(16)20)19(24)8-17-13-3-1-2-4-14(13)18-9-22-11-23(17)18/h1-7,9-11,17,19,24H,8H2. The molecule has 2 unspecified atom stereocenters. The Morgan fingerprint density at radius 3 is 3.04 bits per heavy atom. The Kier molecular flexibility index (Phi) is 3.05. The van der Waals surface area contributed by atoms with Crippen LogP contribution in [0.5, 0.6) is 0 Å². The van der Waals surface area contributed by atoms with Crippen LogP contribution in [0.3, 0.4) is 0 Å². The highest BCUT2D eigenvalue weighted by Gasteiger charge is 2.30. The lowest BCUT2D eigenvalue weighted by molar-refractivity contribution is 0.154. The molecule has 0 bridgehead atoms. The minimum atomic E-state index is -0.717. The third-order valence-electron chi connectivity index (χ3n) is 4.98. The highest BCUT2D eigenvalue weighted by molar-refractivity contribution is 5.78. The first kappa shape index (κ1) is 14.4. The molecule has 5 rings (SSSR count). The normalized spacial score (nSPS) is 16.8. The molecule has 25 heavy (non-hydrogen) atoms. The van der Waals surface area contributed by atoms with Gasteiger partial charge in [-0.25, -0.2) is 9.37 Å². The van der Waals surface area contributed by atoms with Crippen LogP contribution in [-0.4, -0.2) is 14.7 Å². The van der Waals surface area contributed by atoms with Crippen LogP contribution in [0.15, 0.2) is 65.7 Å². The molecule has 0 amide bonds. The molecule has 2 aromatic heterocycles. The number of halogens is 1. The molecule has 0 spiro atoms. The van der Waals surface area contributed by atoms with Crippen LogP contribution in [0.2, 0.25) is 0 Å². The quantitative estimate of drug-likeness (QED) is 0.602. The predicted octanol–water partition coefficient (Wildman–Crippen LogP) is 4.46. The second-order valence-corrected chi connectivity index (χ2v) is 6.38. The number of hydrogen-bond acceptors (Lipinski definition) is 3. The fraction of sp³-hybridized carbons (Fsp3) is 0.150. The zero-order valence-corrected chi connectivity index (χ0v) is 13.3. The summed E-state index contributed by atoms with van der Waals surface area (Å²) >= 11 is 0. The number of aromatic nitrogens is 2. The molecule has 0 saturated heterocycles. The summed E-state index contributed by atoms with van der Waals surface area (Å²) in [6.45, 7) is 0. The molecule has 0 fully saturated rings. The van der Waals surface area contributed by atoms with Crippen LogP contribution in [-0.2, 0) is 0 Å². The number of aliphatic hydroxyl groups is 1. The molecular weight excluding hydrogens is 319 g/mol. The maximum Gasteiger partial charge on any atom is 0.169 e. The molecule has 2 aromatic carbocycles. The molecule has 4 nitrogen and oxygen atoms in total. The molecule has 0 saturated carbocycles. The Hall–Kier alpha value is -2.92. The summed E-state index contributed by atoms with van der Waals surface area (Å²) in [5.74, 6) is -0.410. The van der Waals surface area contributed by atoms with E-state index in [4.69, 9.17) is 4.42 Å². The van der Waals surface area contributed by atoms with E-state index >= 15 is 0 Å². The van der Waals surface area contributed by atoms with E-state index in [9.17, 15) is 9.50 Å². The second-order valence-electron chi connectivity index (χ2n) is 6.38. The van der Waals surface area contributed by atoms with Crippen molar-refractivity contribution in [2.45, 2.75) is 18.6 Å². The average Bonchev–Trinajstić information content (AvgIpc) is 3.32. The lowest BCUT2D eigenvalue weighted by Crippen LogP contribution is -2.10. The zero-order chi connectivity index (χ0) is 17.0. The second kappa shape index (κ2) is 5.29. The molecule has 1 aliphatic rings. The maximum absolute atomic E-state index is 13.8. The molecule has 1 N–H and O–H groups in total. The number of imidazole rings is 1. The highest BCUT2D eigenvalue weighted by Crippen LogP contribution is 2.43. The van der Waals surface area contributed by atoms with E-state index in [-0.39, 0.29) is 6.04 Å². The lowest BCUT2D eigenvalue weighted by Gasteiger charge is -2.19. The van der Waals surface area contributed by atoms with Gasteiger partial charge >= 0.3 is 0 Å². The monoisotopic (exact) mass is 334 g/mol. The van der Waals surface area contributed by atoms with Gasteiger partial charge in [-0.1, -0.05) is 30.3 Å². The Bertz CT molecular complexity index is 1080. The van der Waals surface area contributed by atoms with Crippen LogP contribution in [0.25, 0.3) is 22.2 Å². The molecule has 0 radical (unpaired) electrons. The van der Waals surface area contributed by atoms with E-state index < -0.39 is 11.9 Å². The van der Waals surface area contributed by atoms with Crippen molar-refractivity contribution in [3.63, 3.8) is 0 Å². The van der Waals surface area contributed by atoms with Gasteiger partial charge in [0.15, 0.2) is 5.82 Å². The molecule has 3 heterocycles. The number of nitrogens with zero attached hydrogens (tertiary/aromatic N) is 2. The van der Waals surface area contributed by atoms with E-state index in [0.717, 1.165) is 17.5 Å². The van der Waals surface area contributed by atoms with Gasteiger partial charge in [-0.15, -0.1) is 0 Å². The third-order valence-corrected chi connectivity index (χ3v) is 4.98. The van der Waals surface area contributed by atoms with Crippen molar-refractivity contribution in [1.82, 2.24) is 9.55 Å². The van der Waals surface area contributed by atoms with E-state index in [1.54, 1.807) is 24.5 Å². The Labute approximate surface area is 143 Å². The molecule has 1 aliphatic heterocycles. The van der Waals surface area contributed by atoms with Crippen molar-refractivity contribution >= 4 is 11.0 Å². The van der Waals surface area contributed by atoms with Crippen molar-refractivity contribution in [3.05, 3.63) is 78.2 Å². The number of fused-ring (bicyclic) bond motifs is 4. The smallest absolute Gasteiger partial charge is 0.169 e. The Balaban J connectivity index is 1.51. The van der Waals surface area contributed by atoms with E-state index in [2.05, 4.69) is 21.7 Å². The van der Waals surface area contributed by atoms with Gasteiger partial charge < -0.3 is 14.1 Å². The van der Waals surface area contributed by atoms with Gasteiger partial charge in [0.25, 0.3) is 0 Å². The lowest BCUT2D eigenvalue weighted by atomic mass is 9.95. The number of rotatable bonds is 3. The van der Waals surface area contributed by atoms with Crippen LogP contribution in [0, 0.1) is 5.82 Å². The summed E-state index contributed by atoms with van der Waals surface area (Å²) in [7, 11) is 0. The van der Waals surface area contributed by atoms with Crippen molar-refractivity contribution in [2.75, 3.05) is 0 Å². The fourth-order valence-electron chi connectivity index (χ4n) is 3.74. The van der Waals surface area contributed by atoms with Gasteiger partial charge in [0.2, 0.25) is 0 Å². The maximum atomic E-state index is 13.8. The summed E-state index contributed by atoms with van der Waals surface area (Å²) in [4.78, 5) is 4.24. The number of furan rings is 1. The van der Waals surface area contributed by atoms with Gasteiger partial charge in [0.05, 0.1) is 35.8 Å². The van der Waals surface area contributed by atoms with Gasteiger partial charge in [-0.05, 0) is 23.3 Å². The first-order valence-electron chi connectivity index (χ1n) is 8.18. The van der Waals surface area contributed by atoms with Crippen molar-refractivity contribution in [3.8, 4) is 11.3 Å². The van der Waals surface area contributed by atoms with E-state index in [0.29, 0.717) is 23.0 Å². The van der Waals surface area contributed by atoms with E-state index in [1.807, 2.05) is 18.3 Å². The zero-order valence-electron chi connectivity index (χ0n) is 13.3. The number of hydrogen-bond donors (Lipinski definition) is 1. The summed E-state index contributed by atoms with van der Waals surface area (Å²) in [5.41, 5.74) is 4.54. The molecule has 2 atom stereocenters. The minimum absolute atomic E-state index is 0.00796. The Morgan fingerprint density at radius 1 is 1.24 bits per heavy atom. The number of aliphatic hydroxyl groups excluding tert-OH is 1. The topological polar surface area (TPSA) is 51.2 Å². The van der Waals surface area contributed by atoms with Crippen LogP contribution in [0.4, 0.5) is 4.39 Å². The van der Waals surface area contributed by atoms with Crippen LogP contribution in [0.1, 0.15) is 29.7 Å². The van der Waals surface area contributed by atoms with Crippen LogP contribution < -0.4 is 0 Å². The van der Waals surface area contributed by atoms with Gasteiger partial charge in [0, 0.05) is 12.0 Å². The highest BCUT2D eigenvalue weighted by atomic mass is 19.1. The largest absolute Gasteiger partial charge is 0.461 e. The van der Waals surface area contributed by atoms with Crippen molar-refractivity contribution in [1.29, 1.82) is 0 Å². The van der Waals surface area contributed by atoms with Crippen molar-refractivity contribution in [2.24, 2.45) is 0 Å².